The Balaban J connectivity index is 0.00000289. The predicted molar refractivity (Wildman–Crippen MR) is 143 cm³/mol. The lowest BCUT2D eigenvalue weighted by molar-refractivity contribution is 0.460. The molecular formula is C24H34IN7. The van der Waals surface area contributed by atoms with Gasteiger partial charge in [0.15, 0.2) is 5.96 Å². The normalized spacial score (nSPS) is 16.3. The number of hydrogen-bond donors (Lipinski definition) is 1. The summed E-state index contributed by atoms with van der Waals surface area (Å²) in [5.41, 5.74) is 3.54. The predicted octanol–water partition coefficient (Wildman–Crippen LogP) is 3.68. The highest BCUT2D eigenvalue weighted by Gasteiger charge is 2.25. The van der Waals surface area contributed by atoms with Crippen molar-refractivity contribution in [2.45, 2.75) is 26.3 Å². The summed E-state index contributed by atoms with van der Waals surface area (Å²) in [4.78, 5) is 14.3. The monoisotopic (exact) mass is 547 g/mol. The van der Waals surface area contributed by atoms with E-state index in [1.54, 1.807) is 0 Å². The molecule has 3 heterocycles. The Morgan fingerprint density at radius 2 is 2.09 bits per heavy atom. The first-order valence-corrected chi connectivity index (χ1v) is 11.1. The number of para-hydroxylation sites is 1. The number of fused-ring (bicyclic) bond motifs is 1. The molecule has 1 N–H and O–H groups in total. The first-order chi connectivity index (χ1) is 15.0. The molecule has 172 valence electrons. The van der Waals surface area contributed by atoms with Crippen molar-refractivity contribution in [3.8, 4) is 0 Å². The Morgan fingerprint density at radius 1 is 1.28 bits per heavy atom. The highest BCUT2D eigenvalue weighted by molar-refractivity contribution is 14.0. The van der Waals surface area contributed by atoms with E-state index >= 15 is 0 Å². The summed E-state index contributed by atoms with van der Waals surface area (Å²) >= 11 is 0. The van der Waals surface area contributed by atoms with Gasteiger partial charge < -0.3 is 15.1 Å². The van der Waals surface area contributed by atoms with Crippen molar-refractivity contribution in [3.63, 3.8) is 0 Å². The number of anilines is 1. The highest BCUT2D eigenvalue weighted by atomic mass is 127. The van der Waals surface area contributed by atoms with Crippen LogP contribution in [0.25, 0.3) is 10.9 Å². The minimum atomic E-state index is 0. The number of halogens is 1. The molecule has 0 bridgehead atoms. The first-order valence-electron chi connectivity index (χ1n) is 11.1. The lowest BCUT2D eigenvalue weighted by atomic mass is 10.0. The van der Waals surface area contributed by atoms with Gasteiger partial charge in [0.1, 0.15) is 5.82 Å². The fourth-order valence-corrected chi connectivity index (χ4v) is 4.28. The Kier molecular flexibility index (Phi) is 8.33. The molecule has 1 saturated heterocycles. The molecule has 0 saturated carbocycles. The van der Waals surface area contributed by atoms with Gasteiger partial charge in [0.05, 0.1) is 18.3 Å². The maximum absolute atomic E-state index is 5.03. The Hall–Kier alpha value is -2.36. The van der Waals surface area contributed by atoms with Crippen LogP contribution in [0.15, 0.2) is 47.7 Å². The number of hydrogen-bond acceptors (Lipinski definition) is 4. The largest absolute Gasteiger partial charge is 0.363 e. The zero-order valence-corrected chi connectivity index (χ0v) is 21.8. The summed E-state index contributed by atoms with van der Waals surface area (Å²) in [6, 6.07) is 10.5. The van der Waals surface area contributed by atoms with Gasteiger partial charge in [0.25, 0.3) is 0 Å². The molecule has 4 rings (SSSR count). The van der Waals surface area contributed by atoms with Crippen molar-refractivity contribution in [3.05, 3.63) is 53.9 Å². The van der Waals surface area contributed by atoms with Crippen molar-refractivity contribution in [2.75, 3.05) is 38.6 Å². The average molecular weight is 547 g/mol. The van der Waals surface area contributed by atoms with Crippen LogP contribution in [0.3, 0.4) is 0 Å². The van der Waals surface area contributed by atoms with Crippen molar-refractivity contribution in [2.24, 2.45) is 18.0 Å². The quantitative estimate of drug-likeness (QED) is 0.290. The molecule has 3 aromatic rings. The Morgan fingerprint density at radius 3 is 2.81 bits per heavy atom. The zero-order chi connectivity index (χ0) is 21.8. The van der Waals surface area contributed by atoms with Gasteiger partial charge in [0, 0.05) is 52.4 Å². The number of guanidine groups is 1. The van der Waals surface area contributed by atoms with Crippen LogP contribution in [-0.2, 0) is 20.0 Å². The Labute approximate surface area is 207 Å². The highest BCUT2D eigenvalue weighted by Crippen LogP contribution is 2.24. The molecule has 8 heteroatoms. The van der Waals surface area contributed by atoms with Crippen LogP contribution < -0.4 is 10.2 Å². The third kappa shape index (κ3) is 5.70. The van der Waals surface area contributed by atoms with Crippen LogP contribution >= 0.6 is 24.0 Å². The van der Waals surface area contributed by atoms with E-state index in [0.29, 0.717) is 12.5 Å². The molecule has 1 fully saturated rings. The number of nitrogens with zero attached hydrogens (tertiary/aromatic N) is 6. The Bertz CT molecular complexity index is 1060. The van der Waals surface area contributed by atoms with Crippen LogP contribution in [-0.4, -0.2) is 59.4 Å². The van der Waals surface area contributed by atoms with Gasteiger partial charge in [-0.05, 0) is 48.9 Å². The zero-order valence-electron chi connectivity index (χ0n) is 19.5. The average Bonchev–Trinajstić information content (AvgIpc) is 3.39. The fourth-order valence-electron chi connectivity index (χ4n) is 4.28. The molecular weight excluding hydrogens is 513 g/mol. The van der Waals surface area contributed by atoms with Crippen molar-refractivity contribution in [1.29, 1.82) is 0 Å². The molecule has 7 nitrogen and oxygen atoms in total. The molecule has 1 aliphatic heterocycles. The van der Waals surface area contributed by atoms with Crippen LogP contribution in [0, 0.1) is 5.92 Å². The number of nitrogens with one attached hydrogen (secondary N) is 1. The van der Waals surface area contributed by atoms with E-state index in [9.17, 15) is 0 Å². The molecule has 32 heavy (non-hydrogen) atoms. The summed E-state index contributed by atoms with van der Waals surface area (Å²) in [5.74, 6) is 2.60. The molecule has 1 aliphatic rings. The van der Waals surface area contributed by atoms with E-state index in [2.05, 4.69) is 52.7 Å². The summed E-state index contributed by atoms with van der Waals surface area (Å²) in [6.45, 7) is 5.70. The van der Waals surface area contributed by atoms with Gasteiger partial charge in [-0.1, -0.05) is 18.2 Å². The van der Waals surface area contributed by atoms with Gasteiger partial charge in [0.2, 0.25) is 0 Å². The van der Waals surface area contributed by atoms with E-state index in [4.69, 9.17) is 9.98 Å². The number of aromatic nitrogens is 3. The summed E-state index contributed by atoms with van der Waals surface area (Å²) < 4.78 is 1.88. The molecule has 0 aliphatic carbocycles. The topological polar surface area (TPSA) is 61.6 Å². The van der Waals surface area contributed by atoms with Crippen LogP contribution in [0.5, 0.6) is 0 Å². The molecule has 0 radical (unpaired) electrons. The standard InChI is InChI=1S/C24H33N7.HI/c1-5-25-24(31-11-10-18(17-31)12-19-14-27-30(4)16-19)26-15-20-13-23(29(2)3)28-22-9-7-6-8-21(20)22;/h6-9,13-14,16,18H,5,10-12,15,17H2,1-4H3,(H,25,26);1H. The molecule has 0 spiro atoms. The van der Waals surface area contributed by atoms with E-state index in [-0.39, 0.29) is 24.0 Å². The van der Waals surface area contributed by atoms with Crippen LogP contribution in [0.4, 0.5) is 5.82 Å². The molecule has 2 aromatic heterocycles. The molecule has 1 aromatic carbocycles. The number of likely N-dealkylation sites (tertiary alicyclic amines) is 1. The lowest BCUT2D eigenvalue weighted by Crippen LogP contribution is -2.40. The first kappa shape index (κ1) is 24.3. The number of aliphatic imine (C=N–C) groups is 1. The van der Waals surface area contributed by atoms with Gasteiger partial charge in [-0.2, -0.15) is 5.10 Å². The molecule has 1 atom stereocenters. The van der Waals surface area contributed by atoms with E-state index < -0.39 is 0 Å². The summed E-state index contributed by atoms with van der Waals surface area (Å²) in [6.07, 6.45) is 6.37. The van der Waals surface area contributed by atoms with E-state index in [1.807, 2.05) is 43.0 Å². The maximum atomic E-state index is 5.03. The van der Waals surface area contributed by atoms with Crippen molar-refractivity contribution < 1.29 is 0 Å². The second kappa shape index (κ2) is 11.0. The lowest BCUT2D eigenvalue weighted by Gasteiger charge is -2.22. The minimum Gasteiger partial charge on any atom is -0.363 e. The fraction of sp³-hybridized carbons (Fsp3) is 0.458. The number of aryl methyl sites for hydroxylation is 1. The van der Waals surface area contributed by atoms with Crippen LogP contribution in [0.1, 0.15) is 24.5 Å². The third-order valence-corrected chi connectivity index (χ3v) is 5.85. The van der Waals surface area contributed by atoms with Crippen molar-refractivity contribution >= 4 is 46.7 Å². The second-order valence-corrected chi connectivity index (χ2v) is 8.55. The van der Waals surface area contributed by atoms with E-state index in [0.717, 1.165) is 43.3 Å². The van der Waals surface area contributed by atoms with Gasteiger partial charge in [-0.3, -0.25) is 4.68 Å². The van der Waals surface area contributed by atoms with E-state index in [1.165, 1.54) is 22.9 Å². The van der Waals surface area contributed by atoms with Crippen molar-refractivity contribution in [1.82, 2.24) is 25.0 Å². The van der Waals surface area contributed by atoms with Gasteiger partial charge in [-0.25, -0.2) is 9.98 Å². The number of pyridine rings is 1. The number of rotatable bonds is 6. The SMILES string of the molecule is CCNC(=NCc1cc(N(C)C)nc2ccccc12)N1CCC(Cc2cnn(C)c2)C1.I. The second-order valence-electron chi connectivity index (χ2n) is 8.55. The van der Waals surface area contributed by atoms with Gasteiger partial charge >= 0.3 is 0 Å². The third-order valence-electron chi connectivity index (χ3n) is 5.85. The van der Waals surface area contributed by atoms with Gasteiger partial charge in [-0.15, -0.1) is 24.0 Å². The minimum absolute atomic E-state index is 0. The van der Waals surface area contributed by atoms with Crippen LogP contribution in [0.2, 0.25) is 0 Å². The molecule has 1 unspecified atom stereocenters. The maximum Gasteiger partial charge on any atom is 0.194 e. The summed E-state index contributed by atoms with van der Waals surface area (Å²) in [5, 5.41) is 8.98. The summed E-state index contributed by atoms with van der Waals surface area (Å²) in [7, 11) is 6.03. The molecule has 0 amide bonds. The number of benzene rings is 1. The smallest absolute Gasteiger partial charge is 0.194 e.